The summed E-state index contributed by atoms with van der Waals surface area (Å²) in [6, 6.07) is 35.3. The number of aryl methyl sites for hydroxylation is 1. The lowest BCUT2D eigenvalue weighted by Gasteiger charge is -2.44. The molecule has 0 amide bonds. The van der Waals surface area contributed by atoms with E-state index in [1.807, 2.05) is 0 Å². The van der Waals surface area contributed by atoms with Crippen LogP contribution in [0.5, 0.6) is 0 Å². The summed E-state index contributed by atoms with van der Waals surface area (Å²) in [6.07, 6.45) is 0. The van der Waals surface area contributed by atoms with E-state index in [4.69, 9.17) is 0 Å². The summed E-state index contributed by atoms with van der Waals surface area (Å²) in [4.78, 5) is 2.34. The Morgan fingerprint density at radius 1 is 0.514 bits per heavy atom. The van der Waals surface area contributed by atoms with E-state index in [-0.39, 0.29) is 16.2 Å². The van der Waals surface area contributed by atoms with E-state index in [9.17, 15) is 0 Å². The molecule has 5 rings (SSSR count). The molecule has 35 heavy (non-hydrogen) atoms. The summed E-state index contributed by atoms with van der Waals surface area (Å²) in [5, 5.41) is 0. The number of fused-ring (bicyclic) bond motifs is 1. The zero-order valence-corrected chi connectivity index (χ0v) is 22.2. The molecule has 1 heteroatoms. The highest BCUT2D eigenvalue weighted by molar-refractivity contribution is 5.80. The van der Waals surface area contributed by atoms with Crippen LogP contribution in [-0.4, -0.2) is 0 Å². The second-order valence-electron chi connectivity index (χ2n) is 11.6. The Morgan fingerprint density at radius 2 is 1.00 bits per heavy atom. The molecule has 4 aromatic carbocycles. The van der Waals surface area contributed by atoms with Crippen LogP contribution in [0.2, 0.25) is 0 Å². The molecule has 0 spiro atoms. The van der Waals surface area contributed by atoms with Crippen LogP contribution in [0, 0.1) is 12.3 Å². The summed E-state index contributed by atoms with van der Waals surface area (Å²) >= 11 is 0. The second kappa shape index (κ2) is 8.12. The molecule has 0 saturated carbocycles. The zero-order chi connectivity index (χ0) is 25.0. The lowest BCUT2D eigenvalue weighted by molar-refractivity contribution is 0.125. The van der Waals surface area contributed by atoms with Crippen LogP contribution in [0.1, 0.15) is 58.2 Å². The molecule has 1 aliphatic rings. The fourth-order valence-electron chi connectivity index (χ4n) is 5.91. The van der Waals surface area contributed by atoms with Gasteiger partial charge in [-0.15, -0.1) is 0 Å². The fraction of sp³-hybridized carbons (Fsp3) is 0.294. The zero-order valence-electron chi connectivity index (χ0n) is 22.2. The van der Waals surface area contributed by atoms with Crippen molar-refractivity contribution >= 4 is 17.1 Å². The quantitative estimate of drug-likeness (QED) is 0.293. The average Bonchev–Trinajstić information content (AvgIpc) is 2.95. The van der Waals surface area contributed by atoms with Crippen LogP contribution in [0.4, 0.5) is 17.1 Å². The topological polar surface area (TPSA) is 3.24 Å². The first-order valence-electron chi connectivity index (χ1n) is 12.7. The first-order chi connectivity index (χ1) is 16.6. The standard InChI is InChI=1S/C34H37N/c1-24-22-25(26-18-20-29-30(23-26)33(4,5)34(6,7)32(29,2)3)19-21-31(24)35(27-14-10-8-11-15-27)28-16-12-9-13-17-28/h8-23H,1-7H3. The van der Waals surface area contributed by atoms with Gasteiger partial charge in [0.2, 0.25) is 0 Å². The average molecular weight is 460 g/mol. The predicted molar refractivity (Wildman–Crippen MR) is 151 cm³/mol. The van der Waals surface area contributed by atoms with Gasteiger partial charge in [-0.3, -0.25) is 0 Å². The van der Waals surface area contributed by atoms with Crippen molar-refractivity contribution in [2.24, 2.45) is 5.41 Å². The van der Waals surface area contributed by atoms with Crippen molar-refractivity contribution in [1.82, 2.24) is 0 Å². The molecule has 0 radical (unpaired) electrons. The van der Waals surface area contributed by atoms with Gasteiger partial charge in [-0.05, 0) is 87.4 Å². The van der Waals surface area contributed by atoms with Crippen molar-refractivity contribution in [1.29, 1.82) is 0 Å². The summed E-state index contributed by atoms with van der Waals surface area (Å²) in [7, 11) is 0. The number of benzene rings is 4. The van der Waals surface area contributed by atoms with Crippen molar-refractivity contribution in [3.8, 4) is 11.1 Å². The highest BCUT2D eigenvalue weighted by atomic mass is 15.1. The summed E-state index contributed by atoms with van der Waals surface area (Å²) in [5.74, 6) is 0. The molecule has 0 aromatic heterocycles. The molecule has 0 unspecified atom stereocenters. The largest absolute Gasteiger partial charge is 0.310 e. The molecule has 0 fully saturated rings. The third-order valence-corrected chi connectivity index (χ3v) is 9.29. The molecular weight excluding hydrogens is 422 g/mol. The number of hydrogen-bond donors (Lipinski definition) is 0. The minimum absolute atomic E-state index is 0.105. The van der Waals surface area contributed by atoms with Gasteiger partial charge in [0, 0.05) is 17.1 Å². The predicted octanol–water partition coefficient (Wildman–Crippen LogP) is 9.73. The highest BCUT2D eigenvalue weighted by Crippen LogP contribution is 2.61. The van der Waals surface area contributed by atoms with E-state index in [2.05, 4.69) is 150 Å². The number of hydrogen-bond acceptors (Lipinski definition) is 1. The van der Waals surface area contributed by atoms with Crippen molar-refractivity contribution < 1.29 is 0 Å². The van der Waals surface area contributed by atoms with Gasteiger partial charge in [0.15, 0.2) is 0 Å². The molecule has 178 valence electrons. The van der Waals surface area contributed by atoms with Crippen molar-refractivity contribution in [2.45, 2.75) is 59.3 Å². The molecular formula is C34H37N. The Morgan fingerprint density at radius 3 is 1.54 bits per heavy atom. The van der Waals surface area contributed by atoms with E-state index in [1.165, 1.54) is 44.9 Å². The first-order valence-corrected chi connectivity index (χ1v) is 12.7. The number of para-hydroxylation sites is 2. The van der Waals surface area contributed by atoms with Crippen LogP contribution in [-0.2, 0) is 10.8 Å². The van der Waals surface area contributed by atoms with Gasteiger partial charge >= 0.3 is 0 Å². The van der Waals surface area contributed by atoms with E-state index in [1.54, 1.807) is 0 Å². The molecule has 1 aliphatic carbocycles. The van der Waals surface area contributed by atoms with Gasteiger partial charge < -0.3 is 4.90 Å². The van der Waals surface area contributed by atoms with Crippen LogP contribution in [0.25, 0.3) is 11.1 Å². The lowest BCUT2D eigenvalue weighted by atomic mass is 9.59. The van der Waals surface area contributed by atoms with Gasteiger partial charge in [-0.2, -0.15) is 0 Å². The van der Waals surface area contributed by atoms with Crippen molar-refractivity contribution in [2.75, 3.05) is 4.90 Å². The Kier molecular flexibility index (Phi) is 5.44. The van der Waals surface area contributed by atoms with E-state index < -0.39 is 0 Å². The third-order valence-electron chi connectivity index (χ3n) is 9.29. The molecule has 1 nitrogen and oxygen atoms in total. The Bertz CT molecular complexity index is 1320. The lowest BCUT2D eigenvalue weighted by Crippen LogP contribution is -2.42. The Hall–Kier alpha value is -3.32. The maximum atomic E-state index is 2.45. The Balaban J connectivity index is 1.59. The summed E-state index contributed by atoms with van der Waals surface area (Å²) < 4.78 is 0. The summed E-state index contributed by atoms with van der Waals surface area (Å²) in [5.41, 5.74) is 10.8. The number of nitrogens with zero attached hydrogens (tertiary/aromatic N) is 1. The van der Waals surface area contributed by atoms with E-state index >= 15 is 0 Å². The van der Waals surface area contributed by atoms with Crippen LogP contribution >= 0.6 is 0 Å². The minimum Gasteiger partial charge on any atom is -0.310 e. The van der Waals surface area contributed by atoms with Gasteiger partial charge in [-0.25, -0.2) is 0 Å². The molecule has 0 bridgehead atoms. The molecule has 0 saturated heterocycles. The normalized spacial score (nSPS) is 17.1. The number of anilines is 3. The second-order valence-corrected chi connectivity index (χ2v) is 11.6. The van der Waals surface area contributed by atoms with Crippen LogP contribution < -0.4 is 4.90 Å². The van der Waals surface area contributed by atoms with Crippen molar-refractivity contribution in [3.05, 3.63) is 114 Å². The van der Waals surface area contributed by atoms with Gasteiger partial charge in [-0.1, -0.05) is 102 Å². The third kappa shape index (κ3) is 3.52. The minimum atomic E-state index is 0.105. The number of rotatable bonds is 4. The van der Waals surface area contributed by atoms with E-state index in [0.29, 0.717) is 0 Å². The molecule has 0 heterocycles. The summed E-state index contributed by atoms with van der Waals surface area (Å²) in [6.45, 7) is 16.7. The molecule has 4 aromatic rings. The van der Waals surface area contributed by atoms with Gasteiger partial charge in [0.05, 0.1) is 0 Å². The van der Waals surface area contributed by atoms with E-state index in [0.717, 1.165) is 0 Å². The molecule has 0 aliphatic heterocycles. The Labute approximate surface area is 211 Å². The fourth-order valence-corrected chi connectivity index (χ4v) is 5.91. The monoisotopic (exact) mass is 459 g/mol. The highest BCUT2D eigenvalue weighted by Gasteiger charge is 2.56. The molecule has 0 N–H and O–H groups in total. The van der Waals surface area contributed by atoms with Crippen molar-refractivity contribution in [3.63, 3.8) is 0 Å². The maximum absolute atomic E-state index is 2.45. The SMILES string of the molecule is Cc1cc(-c2ccc3c(c2)C(C)(C)C(C)(C)C3(C)C)ccc1N(c1ccccc1)c1ccccc1. The van der Waals surface area contributed by atoms with Gasteiger partial charge in [0.25, 0.3) is 0 Å². The molecule has 0 atom stereocenters. The van der Waals surface area contributed by atoms with Gasteiger partial charge in [0.1, 0.15) is 0 Å². The van der Waals surface area contributed by atoms with Crippen LogP contribution in [0.15, 0.2) is 97.1 Å². The maximum Gasteiger partial charge on any atom is 0.0491 e. The smallest absolute Gasteiger partial charge is 0.0491 e. The van der Waals surface area contributed by atoms with Crippen LogP contribution in [0.3, 0.4) is 0 Å². The first kappa shape index (κ1) is 23.4.